The van der Waals surface area contributed by atoms with Crippen LogP contribution in [0.3, 0.4) is 0 Å². The summed E-state index contributed by atoms with van der Waals surface area (Å²) in [5.74, 6) is 1.28. The molecule has 0 aliphatic carbocycles. The molecule has 0 saturated heterocycles. The molecule has 0 bridgehead atoms. The van der Waals surface area contributed by atoms with Crippen molar-refractivity contribution in [3.63, 3.8) is 0 Å². The molecule has 0 aliphatic heterocycles. The van der Waals surface area contributed by atoms with Crippen molar-refractivity contribution in [3.8, 4) is 17.2 Å². The van der Waals surface area contributed by atoms with Crippen LogP contribution < -0.4 is 23.8 Å². The van der Waals surface area contributed by atoms with Crippen LogP contribution in [0, 0.1) is 0 Å². The third-order valence-corrected chi connectivity index (χ3v) is 5.92. The van der Waals surface area contributed by atoms with Crippen molar-refractivity contribution in [1.29, 1.82) is 0 Å². The standard InChI is InChI=1S/C21H28N2O6S/c1-14(16-7-12-19(28-4)20(13-16)29-5)22-21(24)15(2)23(30(6,25)26)17-8-10-18(27-3)11-9-17/h7-15H,1-6H3,(H,22,24)/t14-,15-/m0/s1. The Morgan fingerprint density at radius 2 is 1.53 bits per heavy atom. The molecule has 9 heteroatoms. The van der Waals surface area contributed by atoms with Crippen LogP contribution in [0.2, 0.25) is 0 Å². The van der Waals surface area contributed by atoms with E-state index in [1.54, 1.807) is 50.4 Å². The predicted molar refractivity (Wildman–Crippen MR) is 116 cm³/mol. The molecule has 30 heavy (non-hydrogen) atoms. The predicted octanol–water partition coefficient (Wildman–Crippen LogP) is 2.74. The van der Waals surface area contributed by atoms with E-state index in [1.165, 1.54) is 14.2 Å². The van der Waals surface area contributed by atoms with Gasteiger partial charge in [-0.2, -0.15) is 0 Å². The number of ether oxygens (including phenoxy) is 3. The number of sulfonamides is 1. The van der Waals surface area contributed by atoms with E-state index < -0.39 is 22.0 Å². The lowest BCUT2D eigenvalue weighted by Gasteiger charge is -2.29. The first-order chi connectivity index (χ1) is 14.1. The number of hydrogen-bond donors (Lipinski definition) is 1. The molecular weight excluding hydrogens is 408 g/mol. The Morgan fingerprint density at radius 3 is 2.03 bits per heavy atom. The first kappa shape index (κ1) is 23.3. The molecule has 2 aromatic rings. The molecule has 0 spiro atoms. The summed E-state index contributed by atoms with van der Waals surface area (Å²) in [5.41, 5.74) is 1.17. The largest absolute Gasteiger partial charge is 0.497 e. The van der Waals surface area contributed by atoms with Crippen molar-refractivity contribution in [3.05, 3.63) is 48.0 Å². The fourth-order valence-electron chi connectivity index (χ4n) is 3.08. The van der Waals surface area contributed by atoms with E-state index in [0.29, 0.717) is 22.9 Å². The number of benzene rings is 2. The van der Waals surface area contributed by atoms with Crippen molar-refractivity contribution in [2.24, 2.45) is 0 Å². The van der Waals surface area contributed by atoms with E-state index in [9.17, 15) is 13.2 Å². The van der Waals surface area contributed by atoms with Gasteiger partial charge in [0.25, 0.3) is 0 Å². The van der Waals surface area contributed by atoms with Gasteiger partial charge in [-0.1, -0.05) is 6.07 Å². The number of rotatable bonds is 9. The maximum atomic E-state index is 12.9. The van der Waals surface area contributed by atoms with Gasteiger partial charge in [0, 0.05) is 0 Å². The minimum absolute atomic E-state index is 0.375. The Labute approximate surface area is 177 Å². The number of nitrogens with zero attached hydrogens (tertiary/aromatic N) is 1. The lowest BCUT2D eigenvalue weighted by Crippen LogP contribution is -2.48. The van der Waals surface area contributed by atoms with Gasteiger partial charge in [-0.05, 0) is 55.8 Å². The van der Waals surface area contributed by atoms with Crippen molar-refractivity contribution in [1.82, 2.24) is 5.32 Å². The molecule has 0 heterocycles. The second-order valence-corrected chi connectivity index (χ2v) is 8.64. The Kier molecular flexibility index (Phi) is 7.55. The monoisotopic (exact) mass is 436 g/mol. The first-order valence-electron chi connectivity index (χ1n) is 9.28. The normalized spacial score (nSPS) is 13.1. The number of carbonyl (C=O) groups is 1. The highest BCUT2D eigenvalue weighted by Crippen LogP contribution is 2.30. The molecule has 1 amide bonds. The molecule has 164 valence electrons. The van der Waals surface area contributed by atoms with Gasteiger partial charge >= 0.3 is 0 Å². The third-order valence-electron chi connectivity index (χ3n) is 4.68. The number of hydrogen-bond acceptors (Lipinski definition) is 6. The molecule has 0 saturated carbocycles. The van der Waals surface area contributed by atoms with Gasteiger partial charge in [-0.15, -0.1) is 0 Å². The van der Waals surface area contributed by atoms with Crippen LogP contribution in [-0.4, -0.2) is 48.0 Å². The van der Waals surface area contributed by atoms with Crippen LogP contribution in [0.5, 0.6) is 17.2 Å². The highest BCUT2D eigenvalue weighted by Gasteiger charge is 2.30. The highest BCUT2D eigenvalue weighted by molar-refractivity contribution is 7.92. The fraction of sp³-hybridized carbons (Fsp3) is 0.381. The van der Waals surface area contributed by atoms with E-state index >= 15 is 0 Å². The lowest BCUT2D eigenvalue weighted by molar-refractivity contribution is -0.122. The minimum Gasteiger partial charge on any atom is -0.497 e. The van der Waals surface area contributed by atoms with Crippen LogP contribution in [0.1, 0.15) is 25.5 Å². The summed E-state index contributed by atoms with van der Waals surface area (Å²) in [6.07, 6.45) is 1.07. The van der Waals surface area contributed by atoms with Crippen molar-refractivity contribution in [2.45, 2.75) is 25.9 Å². The van der Waals surface area contributed by atoms with Gasteiger partial charge in [0.15, 0.2) is 11.5 Å². The van der Waals surface area contributed by atoms with Crippen LogP contribution in [0.4, 0.5) is 5.69 Å². The summed E-state index contributed by atoms with van der Waals surface area (Å²) in [5, 5.41) is 2.86. The quantitative estimate of drug-likeness (QED) is 0.650. The van der Waals surface area contributed by atoms with Crippen molar-refractivity contribution < 1.29 is 27.4 Å². The summed E-state index contributed by atoms with van der Waals surface area (Å²) >= 11 is 0. The number of carbonyl (C=O) groups excluding carboxylic acids is 1. The average molecular weight is 437 g/mol. The van der Waals surface area contributed by atoms with E-state index in [0.717, 1.165) is 16.1 Å². The molecule has 2 rings (SSSR count). The number of amides is 1. The average Bonchev–Trinajstić information content (AvgIpc) is 2.72. The van der Waals surface area contributed by atoms with E-state index in [2.05, 4.69) is 5.32 Å². The smallest absolute Gasteiger partial charge is 0.244 e. The number of methoxy groups -OCH3 is 3. The summed E-state index contributed by atoms with van der Waals surface area (Å²) in [6.45, 7) is 3.35. The lowest BCUT2D eigenvalue weighted by atomic mass is 10.1. The highest BCUT2D eigenvalue weighted by atomic mass is 32.2. The van der Waals surface area contributed by atoms with Gasteiger partial charge in [-0.25, -0.2) is 8.42 Å². The molecule has 0 aromatic heterocycles. The maximum absolute atomic E-state index is 12.9. The second-order valence-electron chi connectivity index (χ2n) is 6.78. The molecule has 0 fully saturated rings. The van der Waals surface area contributed by atoms with E-state index in [-0.39, 0.29) is 6.04 Å². The zero-order chi connectivity index (χ0) is 22.5. The zero-order valence-corrected chi connectivity index (χ0v) is 18.8. The summed E-state index contributed by atoms with van der Waals surface area (Å²) in [7, 11) is 0.895. The Hall–Kier alpha value is -2.94. The van der Waals surface area contributed by atoms with Gasteiger partial charge in [-0.3, -0.25) is 9.10 Å². The minimum atomic E-state index is -3.71. The Morgan fingerprint density at radius 1 is 0.933 bits per heavy atom. The van der Waals surface area contributed by atoms with Crippen LogP contribution in [0.25, 0.3) is 0 Å². The van der Waals surface area contributed by atoms with Gasteiger partial charge in [0.05, 0.1) is 39.3 Å². The van der Waals surface area contributed by atoms with Gasteiger partial charge < -0.3 is 19.5 Å². The second kappa shape index (κ2) is 9.71. The molecule has 8 nitrogen and oxygen atoms in total. The summed E-state index contributed by atoms with van der Waals surface area (Å²) < 4.78 is 41.6. The molecule has 1 N–H and O–H groups in total. The van der Waals surface area contributed by atoms with E-state index in [4.69, 9.17) is 14.2 Å². The molecule has 0 unspecified atom stereocenters. The molecule has 0 aliphatic rings. The Balaban J connectivity index is 2.24. The van der Waals surface area contributed by atoms with Crippen LogP contribution in [0.15, 0.2) is 42.5 Å². The van der Waals surface area contributed by atoms with Crippen molar-refractivity contribution >= 4 is 21.6 Å². The molecular formula is C21H28N2O6S. The molecule has 2 atom stereocenters. The summed E-state index contributed by atoms with van der Waals surface area (Å²) in [4.78, 5) is 12.9. The first-order valence-corrected chi connectivity index (χ1v) is 11.1. The molecule has 2 aromatic carbocycles. The topological polar surface area (TPSA) is 94.2 Å². The summed E-state index contributed by atoms with van der Waals surface area (Å²) in [6, 6.07) is 10.5. The fourth-order valence-corrected chi connectivity index (χ4v) is 4.25. The number of nitrogens with one attached hydrogen (secondary N) is 1. The maximum Gasteiger partial charge on any atom is 0.244 e. The van der Waals surface area contributed by atoms with Gasteiger partial charge in [0.1, 0.15) is 11.8 Å². The molecule has 0 radical (unpaired) electrons. The zero-order valence-electron chi connectivity index (χ0n) is 18.0. The van der Waals surface area contributed by atoms with Crippen molar-refractivity contribution in [2.75, 3.05) is 31.9 Å². The number of anilines is 1. The van der Waals surface area contributed by atoms with Crippen LogP contribution >= 0.6 is 0 Å². The Bertz CT molecular complexity index is 975. The van der Waals surface area contributed by atoms with Gasteiger partial charge in [0.2, 0.25) is 15.9 Å². The van der Waals surface area contributed by atoms with Crippen LogP contribution in [-0.2, 0) is 14.8 Å². The SMILES string of the molecule is COc1ccc(N([C@@H](C)C(=O)N[C@@H](C)c2ccc(OC)c(OC)c2)S(C)(=O)=O)cc1. The third kappa shape index (κ3) is 5.35. The van der Waals surface area contributed by atoms with E-state index in [1.807, 2.05) is 13.0 Å².